The van der Waals surface area contributed by atoms with Gasteiger partial charge in [-0.25, -0.2) is 0 Å². The maximum absolute atomic E-state index is 12.0. The van der Waals surface area contributed by atoms with Crippen molar-refractivity contribution in [1.82, 2.24) is 16.0 Å². The van der Waals surface area contributed by atoms with Crippen LogP contribution in [0.1, 0.15) is 57.4 Å². The quantitative estimate of drug-likeness (QED) is 0.543. The number of nitrogens with one attached hydrogen (secondary N) is 3. The lowest BCUT2D eigenvalue weighted by atomic mass is 9.99. The molecule has 0 aromatic heterocycles. The predicted molar refractivity (Wildman–Crippen MR) is 116 cm³/mol. The zero-order chi connectivity index (χ0) is 21.6. The van der Waals surface area contributed by atoms with Gasteiger partial charge in [0.15, 0.2) is 0 Å². The lowest BCUT2D eigenvalue weighted by molar-refractivity contribution is -0.131. The summed E-state index contributed by atoms with van der Waals surface area (Å²) in [4.78, 5) is 35.8. The summed E-state index contributed by atoms with van der Waals surface area (Å²) >= 11 is 0. The van der Waals surface area contributed by atoms with Gasteiger partial charge < -0.3 is 20.7 Å². The van der Waals surface area contributed by atoms with Gasteiger partial charge in [0, 0.05) is 6.04 Å². The van der Waals surface area contributed by atoms with Crippen molar-refractivity contribution in [3.8, 4) is 0 Å². The van der Waals surface area contributed by atoms with Crippen molar-refractivity contribution in [2.75, 3.05) is 19.7 Å². The summed E-state index contributed by atoms with van der Waals surface area (Å²) in [7, 11) is 0. The Kier molecular flexibility index (Phi) is 10.9. The molecule has 1 aromatic rings. The molecule has 1 fully saturated rings. The van der Waals surface area contributed by atoms with Crippen LogP contribution in [0, 0.1) is 0 Å². The van der Waals surface area contributed by atoms with Gasteiger partial charge >= 0.3 is 0 Å². The highest BCUT2D eigenvalue weighted by atomic mass is 16.5. The van der Waals surface area contributed by atoms with E-state index in [0.717, 1.165) is 37.7 Å². The summed E-state index contributed by atoms with van der Waals surface area (Å²) in [5.41, 5.74) is 1.14. The van der Waals surface area contributed by atoms with Gasteiger partial charge in [-0.2, -0.15) is 0 Å². The molecule has 0 bridgehead atoms. The monoisotopic (exact) mass is 417 g/mol. The minimum Gasteiger partial charge on any atom is -0.368 e. The molecular formula is C23H35N3O4. The third-order valence-corrected chi connectivity index (χ3v) is 5.19. The van der Waals surface area contributed by atoms with Crippen molar-refractivity contribution in [3.05, 3.63) is 35.9 Å². The summed E-state index contributed by atoms with van der Waals surface area (Å²) in [6.45, 7) is 1.60. The first kappa shape index (κ1) is 23.9. The zero-order valence-electron chi connectivity index (χ0n) is 18.0. The molecule has 1 saturated carbocycles. The fourth-order valence-corrected chi connectivity index (χ4v) is 3.59. The van der Waals surface area contributed by atoms with Crippen LogP contribution in [0.15, 0.2) is 30.3 Å². The summed E-state index contributed by atoms with van der Waals surface area (Å²) in [5, 5.41) is 7.91. The molecule has 1 atom stereocenters. The first-order valence-corrected chi connectivity index (χ1v) is 11.0. The molecule has 0 saturated heterocycles. The predicted octanol–water partition coefficient (Wildman–Crippen LogP) is 2.10. The molecule has 1 unspecified atom stereocenters. The van der Waals surface area contributed by atoms with Crippen molar-refractivity contribution in [2.45, 2.75) is 70.4 Å². The van der Waals surface area contributed by atoms with Crippen LogP contribution in [-0.2, 0) is 25.5 Å². The topological polar surface area (TPSA) is 96.5 Å². The fourth-order valence-electron chi connectivity index (χ4n) is 3.59. The Balaban J connectivity index is 1.55. The Labute approximate surface area is 179 Å². The van der Waals surface area contributed by atoms with Crippen LogP contribution < -0.4 is 16.0 Å². The molecule has 7 nitrogen and oxygen atoms in total. The van der Waals surface area contributed by atoms with E-state index in [-0.39, 0.29) is 43.7 Å². The lowest BCUT2D eigenvalue weighted by Gasteiger charge is -2.20. The number of ether oxygens (including phenoxy) is 1. The molecule has 0 heterocycles. The summed E-state index contributed by atoms with van der Waals surface area (Å²) < 4.78 is 5.70. The van der Waals surface area contributed by atoms with Crippen molar-refractivity contribution in [1.29, 1.82) is 0 Å². The van der Waals surface area contributed by atoms with Gasteiger partial charge in [0.25, 0.3) is 0 Å². The molecule has 0 radical (unpaired) electrons. The highest BCUT2D eigenvalue weighted by molar-refractivity contribution is 5.88. The van der Waals surface area contributed by atoms with E-state index in [9.17, 15) is 14.4 Å². The van der Waals surface area contributed by atoms with Crippen LogP contribution >= 0.6 is 0 Å². The Morgan fingerprint density at radius 1 is 0.900 bits per heavy atom. The first-order chi connectivity index (χ1) is 14.5. The maximum Gasteiger partial charge on any atom is 0.246 e. The minimum atomic E-state index is -0.403. The molecule has 30 heavy (non-hydrogen) atoms. The molecule has 7 heteroatoms. The second kappa shape index (κ2) is 13.7. The van der Waals surface area contributed by atoms with Crippen molar-refractivity contribution >= 4 is 17.7 Å². The third-order valence-electron chi connectivity index (χ3n) is 5.19. The Hall–Kier alpha value is -2.41. The van der Waals surface area contributed by atoms with E-state index in [4.69, 9.17) is 4.74 Å². The second-order valence-corrected chi connectivity index (χ2v) is 7.99. The number of hydrogen-bond acceptors (Lipinski definition) is 4. The van der Waals surface area contributed by atoms with Gasteiger partial charge in [-0.15, -0.1) is 0 Å². The van der Waals surface area contributed by atoms with E-state index in [1.165, 1.54) is 19.3 Å². The normalized spacial score (nSPS) is 16.0. The van der Waals surface area contributed by atoms with E-state index >= 15 is 0 Å². The van der Waals surface area contributed by atoms with Crippen LogP contribution in [-0.4, -0.2) is 49.6 Å². The van der Waals surface area contributed by atoms with Crippen LogP contribution in [0.4, 0.5) is 0 Å². The van der Waals surface area contributed by atoms with Crippen molar-refractivity contribution in [2.24, 2.45) is 0 Å². The van der Waals surface area contributed by atoms with E-state index in [1.54, 1.807) is 0 Å². The van der Waals surface area contributed by atoms with E-state index in [0.29, 0.717) is 0 Å². The molecule has 1 aromatic carbocycles. The molecule has 0 spiro atoms. The highest BCUT2D eigenvalue weighted by Gasteiger charge is 2.14. The van der Waals surface area contributed by atoms with Gasteiger partial charge in [-0.05, 0) is 31.7 Å². The summed E-state index contributed by atoms with van der Waals surface area (Å²) in [5.74, 6) is -0.973. The SMILES string of the molecule is CC(Cc1ccccc1)NC(=O)CNC(=O)CNC(=O)COC1CCCCCCC1. The summed E-state index contributed by atoms with van der Waals surface area (Å²) in [6, 6.07) is 9.85. The third kappa shape index (κ3) is 10.4. The minimum absolute atomic E-state index is 0.0323. The molecule has 1 aliphatic rings. The van der Waals surface area contributed by atoms with Gasteiger partial charge in [-0.1, -0.05) is 62.4 Å². The first-order valence-electron chi connectivity index (χ1n) is 11.0. The second-order valence-electron chi connectivity index (χ2n) is 7.99. The van der Waals surface area contributed by atoms with Gasteiger partial charge in [0.2, 0.25) is 17.7 Å². The maximum atomic E-state index is 12.0. The Bertz CT molecular complexity index is 658. The number of carbonyl (C=O) groups excluding carboxylic acids is 3. The molecule has 166 valence electrons. The number of rotatable bonds is 10. The van der Waals surface area contributed by atoms with Crippen molar-refractivity contribution in [3.63, 3.8) is 0 Å². The average Bonchev–Trinajstić information content (AvgIpc) is 2.70. The standard InChI is InChI=1S/C23H35N3O4/c1-18(14-19-10-6-5-7-11-19)26-22(28)16-24-21(27)15-25-23(29)17-30-20-12-8-3-2-4-9-13-20/h5-7,10-11,18,20H,2-4,8-9,12-17H2,1H3,(H,24,27)(H,25,29)(H,26,28). The van der Waals surface area contributed by atoms with Crippen LogP contribution in [0.2, 0.25) is 0 Å². The summed E-state index contributed by atoms with van der Waals surface area (Å²) in [6.07, 6.45) is 8.85. The number of amides is 3. The number of hydrogen-bond donors (Lipinski definition) is 3. The molecule has 0 aliphatic heterocycles. The van der Waals surface area contributed by atoms with Gasteiger partial charge in [0.05, 0.1) is 19.2 Å². The Morgan fingerprint density at radius 2 is 1.50 bits per heavy atom. The highest BCUT2D eigenvalue weighted by Crippen LogP contribution is 2.19. The lowest BCUT2D eigenvalue weighted by Crippen LogP contribution is -2.44. The van der Waals surface area contributed by atoms with Crippen LogP contribution in [0.25, 0.3) is 0 Å². The largest absolute Gasteiger partial charge is 0.368 e. The smallest absolute Gasteiger partial charge is 0.246 e. The van der Waals surface area contributed by atoms with E-state index < -0.39 is 5.91 Å². The number of benzene rings is 1. The molecule has 2 rings (SSSR count). The molecular weight excluding hydrogens is 382 g/mol. The Morgan fingerprint density at radius 3 is 2.20 bits per heavy atom. The zero-order valence-corrected chi connectivity index (χ0v) is 18.0. The fraction of sp³-hybridized carbons (Fsp3) is 0.609. The van der Waals surface area contributed by atoms with Gasteiger partial charge in [0.1, 0.15) is 6.61 Å². The number of carbonyl (C=O) groups is 3. The van der Waals surface area contributed by atoms with Crippen LogP contribution in [0.3, 0.4) is 0 Å². The molecule has 3 amide bonds. The van der Waals surface area contributed by atoms with Crippen molar-refractivity contribution < 1.29 is 19.1 Å². The molecule has 1 aliphatic carbocycles. The molecule has 3 N–H and O–H groups in total. The average molecular weight is 418 g/mol. The van der Waals surface area contributed by atoms with Gasteiger partial charge in [-0.3, -0.25) is 14.4 Å². The van der Waals surface area contributed by atoms with E-state index in [2.05, 4.69) is 16.0 Å². The van der Waals surface area contributed by atoms with Crippen LogP contribution in [0.5, 0.6) is 0 Å². The van der Waals surface area contributed by atoms with E-state index in [1.807, 2.05) is 37.3 Å².